The summed E-state index contributed by atoms with van der Waals surface area (Å²) in [6.45, 7) is 2.38. The number of ketones is 1. The van der Waals surface area contributed by atoms with Crippen LogP contribution in [0.1, 0.15) is 23.2 Å². The predicted molar refractivity (Wildman–Crippen MR) is 74.6 cm³/mol. The van der Waals surface area contributed by atoms with Crippen molar-refractivity contribution in [1.82, 2.24) is 4.90 Å². The first-order valence-electron chi connectivity index (χ1n) is 6.32. The van der Waals surface area contributed by atoms with Crippen LogP contribution >= 0.6 is 11.6 Å². The molecule has 1 aromatic carbocycles. The van der Waals surface area contributed by atoms with Crippen LogP contribution in [0.15, 0.2) is 12.1 Å². The minimum atomic E-state index is 0.0212. The molecular formula is C14H18ClNO3. The van der Waals surface area contributed by atoms with Crippen LogP contribution < -0.4 is 9.47 Å². The lowest BCUT2D eigenvalue weighted by Gasteiger charge is -2.15. The number of carbonyl (C=O) groups is 1. The highest BCUT2D eigenvalue weighted by Gasteiger charge is 2.20. The van der Waals surface area contributed by atoms with Crippen molar-refractivity contribution in [2.75, 3.05) is 33.9 Å². The quantitative estimate of drug-likeness (QED) is 0.779. The molecule has 0 atom stereocenters. The van der Waals surface area contributed by atoms with Crippen LogP contribution in [0.2, 0.25) is 5.02 Å². The molecule has 0 aliphatic carbocycles. The van der Waals surface area contributed by atoms with Gasteiger partial charge in [0.1, 0.15) is 0 Å². The normalized spacial score (nSPS) is 15.5. The number of halogens is 1. The van der Waals surface area contributed by atoms with Crippen LogP contribution in [-0.4, -0.2) is 44.5 Å². The Labute approximate surface area is 118 Å². The van der Waals surface area contributed by atoms with Crippen molar-refractivity contribution < 1.29 is 14.3 Å². The lowest BCUT2D eigenvalue weighted by Crippen LogP contribution is -2.27. The molecule has 1 saturated heterocycles. The van der Waals surface area contributed by atoms with Gasteiger partial charge in [0.25, 0.3) is 0 Å². The molecule has 104 valence electrons. The van der Waals surface area contributed by atoms with Gasteiger partial charge in [0, 0.05) is 11.6 Å². The largest absolute Gasteiger partial charge is 0.493 e. The molecule has 0 aromatic heterocycles. The predicted octanol–water partition coefficient (Wildman–Crippen LogP) is 2.64. The van der Waals surface area contributed by atoms with Crippen molar-refractivity contribution >= 4 is 17.4 Å². The molecule has 1 aliphatic heterocycles. The molecule has 1 aliphatic rings. The third-order valence-electron chi connectivity index (χ3n) is 3.34. The second-order valence-corrected chi connectivity index (χ2v) is 5.00. The summed E-state index contributed by atoms with van der Waals surface area (Å²) in [5, 5.41) is 0.404. The van der Waals surface area contributed by atoms with Gasteiger partial charge in [0.15, 0.2) is 17.3 Å². The minimum absolute atomic E-state index is 0.0212. The zero-order valence-corrected chi connectivity index (χ0v) is 12.0. The van der Waals surface area contributed by atoms with Crippen LogP contribution in [0.5, 0.6) is 11.5 Å². The summed E-state index contributed by atoms with van der Waals surface area (Å²) in [7, 11) is 3.08. The van der Waals surface area contributed by atoms with E-state index in [1.54, 1.807) is 26.4 Å². The van der Waals surface area contributed by atoms with Crippen molar-refractivity contribution in [2.24, 2.45) is 0 Å². The molecular weight excluding hydrogens is 266 g/mol. The molecule has 5 heteroatoms. The van der Waals surface area contributed by atoms with Gasteiger partial charge in [-0.15, -0.1) is 0 Å². The Kier molecular flexibility index (Phi) is 4.66. The fraction of sp³-hybridized carbons (Fsp3) is 0.500. The van der Waals surface area contributed by atoms with Gasteiger partial charge in [-0.3, -0.25) is 9.69 Å². The molecule has 0 spiro atoms. The molecule has 0 bridgehead atoms. The van der Waals surface area contributed by atoms with E-state index in [0.717, 1.165) is 25.9 Å². The Morgan fingerprint density at radius 3 is 2.37 bits per heavy atom. The number of ether oxygens (including phenoxy) is 2. The fourth-order valence-corrected chi connectivity index (χ4v) is 2.56. The van der Waals surface area contributed by atoms with E-state index in [0.29, 0.717) is 28.6 Å². The molecule has 1 fully saturated rings. The van der Waals surface area contributed by atoms with E-state index in [2.05, 4.69) is 4.90 Å². The average molecular weight is 284 g/mol. The number of likely N-dealkylation sites (tertiary alicyclic amines) is 1. The van der Waals surface area contributed by atoms with Gasteiger partial charge in [-0.05, 0) is 32.0 Å². The topological polar surface area (TPSA) is 38.8 Å². The number of hydrogen-bond donors (Lipinski definition) is 0. The molecule has 2 rings (SSSR count). The van der Waals surface area contributed by atoms with Crippen LogP contribution in [0.25, 0.3) is 0 Å². The van der Waals surface area contributed by atoms with Crippen LogP contribution in [0.3, 0.4) is 0 Å². The zero-order valence-electron chi connectivity index (χ0n) is 11.2. The molecule has 0 unspecified atom stereocenters. The lowest BCUT2D eigenvalue weighted by atomic mass is 10.1. The van der Waals surface area contributed by atoms with Gasteiger partial charge in [-0.2, -0.15) is 0 Å². The number of carbonyl (C=O) groups excluding carboxylic acids is 1. The number of nitrogens with zero attached hydrogens (tertiary/aromatic N) is 1. The Morgan fingerprint density at radius 1 is 1.21 bits per heavy atom. The van der Waals surface area contributed by atoms with E-state index in [9.17, 15) is 4.79 Å². The zero-order chi connectivity index (χ0) is 13.8. The molecule has 0 saturated carbocycles. The monoisotopic (exact) mass is 283 g/mol. The molecule has 0 radical (unpaired) electrons. The van der Waals surface area contributed by atoms with Crippen LogP contribution in [0, 0.1) is 0 Å². The van der Waals surface area contributed by atoms with Crippen molar-refractivity contribution in [3.63, 3.8) is 0 Å². The Bertz CT molecular complexity index is 470. The highest BCUT2D eigenvalue weighted by Crippen LogP contribution is 2.33. The minimum Gasteiger partial charge on any atom is -0.493 e. The summed E-state index contributed by atoms with van der Waals surface area (Å²) in [5.41, 5.74) is 0.492. The van der Waals surface area contributed by atoms with E-state index >= 15 is 0 Å². The van der Waals surface area contributed by atoms with Crippen LogP contribution in [-0.2, 0) is 0 Å². The first-order chi connectivity index (χ1) is 9.15. The van der Waals surface area contributed by atoms with Crippen molar-refractivity contribution in [2.45, 2.75) is 12.8 Å². The summed E-state index contributed by atoms with van der Waals surface area (Å²) in [6.07, 6.45) is 2.32. The van der Waals surface area contributed by atoms with Crippen molar-refractivity contribution in [1.29, 1.82) is 0 Å². The molecule has 19 heavy (non-hydrogen) atoms. The second-order valence-electron chi connectivity index (χ2n) is 4.59. The first kappa shape index (κ1) is 14.2. The maximum absolute atomic E-state index is 12.3. The number of benzene rings is 1. The molecule has 1 heterocycles. The second kappa shape index (κ2) is 6.26. The summed E-state index contributed by atoms with van der Waals surface area (Å²) < 4.78 is 10.4. The Hall–Kier alpha value is -1.26. The van der Waals surface area contributed by atoms with E-state index in [-0.39, 0.29) is 5.78 Å². The Morgan fingerprint density at radius 2 is 1.79 bits per heavy atom. The number of rotatable bonds is 5. The fourth-order valence-electron chi connectivity index (χ4n) is 2.30. The van der Waals surface area contributed by atoms with Crippen LogP contribution in [0.4, 0.5) is 0 Å². The SMILES string of the molecule is COc1cc(Cl)c(C(=O)CN2CCCC2)cc1OC. The van der Waals surface area contributed by atoms with Gasteiger partial charge in [0.05, 0.1) is 25.8 Å². The summed E-state index contributed by atoms with van der Waals surface area (Å²) in [6, 6.07) is 3.27. The third-order valence-corrected chi connectivity index (χ3v) is 3.65. The number of Topliss-reactive ketones (excluding diaryl/α,β-unsaturated/α-hetero) is 1. The van der Waals surface area contributed by atoms with E-state index in [1.165, 1.54) is 0 Å². The smallest absolute Gasteiger partial charge is 0.178 e. The first-order valence-corrected chi connectivity index (χ1v) is 6.70. The summed E-state index contributed by atoms with van der Waals surface area (Å²) >= 11 is 6.14. The number of methoxy groups -OCH3 is 2. The van der Waals surface area contributed by atoms with E-state index in [4.69, 9.17) is 21.1 Å². The van der Waals surface area contributed by atoms with Crippen molar-refractivity contribution in [3.8, 4) is 11.5 Å². The number of hydrogen-bond acceptors (Lipinski definition) is 4. The Balaban J connectivity index is 2.20. The molecule has 0 amide bonds. The highest BCUT2D eigenvalue weighted by atomic mass is 35.5. The molecule has 0 N–H and O–H groups in total. The average Bonchev–Trinajstić information content (AvgIpc) is 2.90. The van der Waals surface area contributed by atoms with E-state index < -0.39 is 0 Å². The van der Waals surface area contributed by atoms with Gasteiger partial charge in [0.2, 0.25) is 0 Å². The molecule has 4 nitrogen and oxygen atoms in total. The summed E-state index contributed by atoms with van der Waals surface area (Å²) in [5.74, 6) is 1.08. The lowest BCUT2D eigenvalue weighted by molar-refractivity contribution is 0.0945. The highest BCUT2D eigenvalue weighted by molar-refractivity contribution is 6.34. The van der Waals surface area contributed by atoms with Gasteiger partial charge in [-0.25, -0.2) is 0 Å². The van der Waals surface area contributed by atoms with E-state index in [1.807, 2.05) is 0 Å². The molecule has 1 aromatic rings. The third kappa shape index (κ3) is 3.19. The maximum Gasteiger partial charge on any atom is 0.178 e. The maximum atomic E-state index is 12.3. The van der Waals surface area contributed by atoms with Gasteiger partial charge in [-0.1, -0.05) is 11.6 Å². The summed E-state index contributed by atoms with van der Waals surface area (Å²) in [4.78, 5) is 14.4. The van der Waals surface area contributed by atoms with Crippen molar-refractivity contribution in [3.05, 3.63) is 22.7 Å². The standard InChI is InChI=1S/C14H18ClNO3/c1-18-13-7-10(11(15)8-14(13)19-2)12(17)9-16-5-3-4-6-16/h7-8H,3-6,9H2,1-2H3. The van der Waals surface area contributed by atoms with Gasteiger partial charge < -0.3 is 9.47 Å². The van der Waals surface area contributed by atoms with Gasteiger partial charge >= 0.3 is 0 Å².